The topological polar surface area (TPSA) is 20.2 Å². The van der Waals surface area contributed by atoms with E-state index >= 15 is 0 Å². The maximum atomic E-state index is 8.51. The van der Waals surface area contributed by atoms with E-state index in [1.807, 2.05) is 42.5 Å². The predicted octanol–water partition coefficient (Wildman–Crippen LogP) is 2.64. The zero-order valence-electron chi connectivity index (χ0n) is 7.56. The van der Waals surface area contributed by atoms with Gasteiger partial charge < -0.3 is 5.11 Å². The molecule has 0 bridgehead atoms. The largest absolute Gasteiger partial charge is 0.396 e. The summed E-state index contributed by atoms with van der Waals surface area (Å²) < 4.78 is 0. The highest BCUT2D eigenvalue weighted by Crippen LogP contribution is 2.00. The Morgan fingerprint density at radius 1 is 1.08 bits per heavy atom. The first-order chi connectivity index (χ1) is 6.43. The molecule has 0 aliphatic carbocycles. The first kappa shape index (κ1) is 9.75. The predicted molar refractivity (Wildman–Crippen MR) is 56.3 cm³/mol. The maximum Gasteiger partial charge on any atom is 0.0465 e. The van der Waals surface area contributed by atoms with Crippen LogP contribution in [0.2, 0.25) is 0 Å². The zero-order chi connectivity index (χ0) is 9.36. The molecule has 1 N–H and O–H groups in total. The van der Waals surface area contributed by atoms with Crippen LogP contribution >= 0.6 is 0 Å². The van der Waals surface area contributed by atoms with Gasteiger partial charge in [-0.15, -0.1) is 0 Å². The van der Waals surface area contributed by atoms with Gasteiger partial charge >= 0.3 is 0 Å². The second-order valence-electron chi connectivity index (χ2n) is 2.71. The summed E-state index contributed by atoms with van der Waals surface area (Å²) in [5, 5.41) is 8.51. The molecule has 1 aromatic rings. The summed E-state index contributed by atoms with van der Waals surface area (Å²) in [6.07, 6.45) is 8.63. The molecule has 0 amide bonds. The molecule has 68 valence electrons. The van der Waals surface area contributed by atoms with E-state index in [9.17, 15) is 0 Å². The van der Waals surface area contributed by atoms with Gasteiger partial charge in [0.1, 0.15) is 0 Å². The minimum Gasteiger partial charge on any atom is -0.396 e. The van der Waals surface area contributed by atoms with Gasteiger partial charge in [0.05, 0.1) is 0 Å². The van der Waals surface area contributed by atoms with Crippen LogP contribution in [0.1, 0.15) is 12.0 Å². The Morgan fingerprint density at radius 2 is 1.85 bits per heavy atom. The highest BCUT2D eigenvalue weighted by Gasteiger charge is 1.79. The van der Waals surface area contributed by atoms with Gasteiger partial charge in [-0.05, 0) is 12.0 Å². The number of hydrogen-bond donors (Lipinski definition) is 1. The Hall–Kier alpha value is -1.34. The van der Waals surface area contributed by atoms with Crippen LogP contribution in [0, 0.1) is 0 Å². The van der Waals surface area contributed by atoms with Crippen molar-refractivity contribution in [2.45, 2.75) is 6.42 Å². The van der Waals surface area contributed by atoms with Crippen molar-refractivity contribution in [3.63, 3.8) is 0 Å². The molecule has 0 heterocycles. The molecule has 0 spiro atoms. The van der Waals surface area contributed by atoms with Gasteiger partial charge in [-0.1, -0.05) is 54.6 Å². The van der Waals surface area contributed by atoms with Gasteiger partial charge in [-0.25, -0.2) is 0 Å². The molecule has 13 heavy (non-hydrogen) atoms. The van der Waals surface area contributed by atoms with Crippen LogP contribution in [0.4, 0.5) is 0 Å². The molecule has 0 atom stereocenters. The summed E-state index contributed by atoms with van der Waals surface area (Å²) in [7, 11) is 0. The van der Waals surface area contributed by atoms with E-state index in [-0.39, 0.29) is 6.61 Å². The molecule has 0 saturated carbocycles. The fourth-order valence-corrected chi connectivity index (χ4v) is 0.980. The Balaban J connectivity index is 2.41. The molecule has 0 aliphatic heterocycles. The fraction of sp³-hybridized carbons (Fsp3) is 0.167. The quantitative estimate of drug-likeness (QED) is 0.696. The van der Waals surface area contributed by atoms with Crippen molar-refractivity contribution in [1.82, 2.24) is 0 Å². The highest BCUT2D eigenvalue weighted by molar-refractivity contribution is 5.50. The van der Waals surface area contributed by atoms with E-state index in [0.717, 1.165) is 6.42 Å². The van der Waals surface area contributed by atoms with Crippen LogP contribution in [-0.2, 0) is 0 Å². The van der Waals surface area contributed by atoms with Crippen molar-refractivity contribution in [3.05, 3.63) is 54.1 Å². The number of allylic oxidation sites excluding steroid dienone is 2. The Morgan fingerprint density at radius 3 is 2.54 bits per heavy atom. The van der Waals surface area contributed by atoms with Crippen molar-refractivity contribution in [2.24, 2.45) is 0 Å². The molecule has 0 fully saturated rings. The summed E-state index contributed by atoms with van der Waals surface area (Å²) in [6.45, 7) is 0.218. The zero-order valence-corrected chi connectivity index (χ0v) is 7.56. The number of hydrogen-bond acceptors (Lipinski definition) is 1. The van der Waals surface area contributed by atoms with Crippen LogP contribution in [0.5, 0.6) is 0 Å². The van der Waals surface area contributed by atoms with Crippen LogP contribution in [0.3, 0.4) is 0 Å². The SMILES string of the molecule is OCC/C=C\C=C/c1ccccc1. The van der Waals surface area contributed by atoms with Gasteiger partial charge in [0.25, 0.3) is 0 Å². The van der Waals surface area contributed by atoms with Crippen LogP contribution < -0.4 is 0 Å². The van der Waals surface area contributed by atoms with E-state index in [0.29, 0.717) is 0 Å². The Labute approximate surface area is 79.0 Å². The Bertz CT molecular complexity index is 272. The molecular weight excluding hydrogens is 160 g/mol. The maximum absolute atomic E-state index is 8.51. The number of aliphatic hydroxyl groups excluding tert-OH is 1. The van der Waals surface area contributed by atoms with E-state index < -0.39 is 0 Å². The second-order valence-corrected chi connectivity index (χ2v) is 2.71. The molecule has 1 aromatic carbocycles. The molecule has 0 aromatic heterocycles. The number of rotatable bonds is 4. The average Bonchev–Trinajstić information content (AvgIpc) is 2.19. The molecule has 0 aliphatic rings. The number of benzene rings is 1. The molecule has 1 rings (SSSR count). The summed E-state index contributed by atoms with van der Waals surface area (Å²) in [4.78, 5) is 0. The summed E-state index contributed by atoms with van der Waals surface area (Å²) in [6, 6.07) is 10.1. The van der Waals surface area contributed by atoms with E-state index in [2.05, 4.69) is 12.1 Å². The lowest BCUT2D eigenvalue weighted by Gasteiger charge is -1.88. The second kappa shape index (κ2) is 6.21. The first-order valence-corrected chi connectivity index (χ1v) is 4.42. The normalized spacial score (nSPS) is 11.5. The lowest BCUT2D eigenvalue weighted by molar-refractivity contribution is 0.302. The lowest BCUT2D eigenvalue weighted by atomic mass is 10.2. The number of aliphatic hydroxyl groups is 1. The minimum absolute atomic E-state index is 0.218. The molecular formula is C12H14O. The van der Waals surface area contributed by atoms with Gasteiger partial charge in [0.15, 0.2) is 0 Å². The summed E-state index contributed by atoms with van der Waals surface area (Å²) >= 11 is 0. The van der Waals surface area contributed by atoms with Crippen LogP contribution in [0.15, 0.2) is 48.6 Å². The van der Waals surface area contributed by atoms with Crippen molar-refractivity contribution < 1.29 is 5.11 Å². The fourth-order valence-electron chi connectivity index (χ4n) is 0.980. The van der Waals surface area contributed by atoms with Crippen molar-refractivity contribution in [2.75, 3.05) is 6.61 Å². The van der Waals surface area contributed by atoms with E-state index in [4.69, 9.17) is 5.11 Å². The Kier molecular flexibility index (Phi) is 4.65. The standard InChI is InChI=1S/C12H14O/c13-11-7-2-1-4-8-12-9-5-3-6-10-12/h1-6,8-10,13H,7,11H2/b2-1-,8-4-. The lowest BCUT2D eigenvalue weighted by Crippen LogP contribution is -1.74. The third-order valence-electron chi connectivity index (χ3n) is 1.63. The smallest absolute Gasteiger partial charge is 0.0465 e. The van der Waals surface area contributed by atoms with Crippen molar-refractivity contribution in [1.29, 1.82) is 0 Å². The van der Waals surface area contributed by atoms with Crippen LogP contribution in [-0.4, -0.2) is 11.7 Å². The van der Waals surface area contributed by atoms with Gasteiger partial charge in [0.2, 0.25) is 0 Å². The van der Waals surface area contributed by atoms with Crippen molar-refractivity contribution >= 4 is 6.08 Å². The third kappa shape index (κ3) is 4.28. The summed E-state index contributed by atoms with van der Waals surface area (Å²) in [5.41, 5.74) is 1.19. The van der Waals surface area contributed by atoms with E-state index in [1.165, 1.54) is 5.56 Å². The molecule has 1 nitrogen and oxygen atoms in total. The van der Waals surface area contributed by atoms with Crippen molar-refractivity contribution in [3.8, 4) is 0 Å². The van der Waals surface area contributed by atoms with Crippen LogP contribution in [0.25, 0.3) is 6.08 Å². The van der Waals surface area contributed by atoms with E-state index in [1.54, 1.807) is 0 Å². The minimum atomic E-state index is 0.218. The summed E-state index contributed by atoms with van der Waals surface area (Å²) in [5.74, 6) is 0. The first-order valence-electron chi connectivity index (χ1n) is 4.42. The highest BCUT2D eigenvalue weighted by atomic mass is 16.2. The molecule has 0 radical (unpaired) electrons. The third-order valence-corrected chi connectivity index (χ3v) is 1.63. The monoisotopic (exact) mass is 174 g/mol. The van der Waals surface area contributed by atoms with Gasteiger partial charge in [-0.3, -0.25) is 0 Å². The average molecular weight is 174 g/mol. The molecule has 0 unspecified atom stereocenters. The molecule has 1 heteroatoms. The van der Waals surface area contributed by atoms with Gasteiger partial charge in [0, 0.05) is 6.61 Å². The van der Waals surface area contributed by atoms with Gasteiger partial charge in [-0.2, -0.15) is 0 Å². The molecule has 0 saturated heterocycles.